The fourth-order valence-corrected chi connectivity index (χ4v) is 3.63. The number of aromatic amines is 1. The zero-order valence-electron chi connectivity index (χ0n) is 18.1. The SMILES string of the molecule is Cc1ccc(C(=O)N/C(=C\c2ccco2)C(=O)NCCc2c(C)[nH]c3ccccc23)cc1. The van der Waals surface area contributed by atoms with Crippen molar-refractivity contribution in [2.45, 2.75) is 20.3 Å². The first-order valence-corrected chi connectivity index (χ1v) is 10.5. The second-order valence-electron chi connectivity index (χ2n) is 7.67. The highest BCUT2D eigenvalue weighted by molar-refractivity contribution is 6.05. The van der Waals surface area contributed by atoms with Crippen LogP contribution in [0.1, 0.15) is 32.9 Å². The molecule has 0 aliphatic rings. The third-order valence-corrected chi connectivity index (χ3v) is 5.32. The number of amides is 2. The molecule has 0 spiro atoms. The van der Waals surface area contributed by atoms with E-state index in [1.165, 1.54) is 17.9 Å². The van der Waals surface area contributed by atoms with E-state index in [0.29, 0.717) is 24.3 Å². The number of hydrogen-bond donors (Lipinski definition) is 3. The molecular formula is C26H25N3O3. The maximum atomic E-state index is 12.9. The van der Waals surface area contributed by atoms with Crippen LogP contribution in [0.25, 0.3) is 17.0 Å². The zero-order chi connectivity index (χ0) is 22.5. The summed E-state index contributed by atoms with van der Waals surface area (Å²) in [6.07, 6.45) is 3.71. The maximum absolute atomic E-state index is 12.9. The molecule has 4 rings (SSSR count). The Labute approximate surface area is 186 Å². The summed E-state index contributed by atoms with van der Waals surface area (Å²) in [6.45, 7) is 4.41. The molecule has 2 heterocycles. The van der Waals surface area contributed by atoms with Crippen LogP contribution in [0, 0.1) is 13.8 Å². The lowest BCUT2D eigenvalue weighted by molar-refractivity contribution is -0.117. The van der Waals surface area contributed by atoms with Gasteiger partial charge in [-0.25, -0.2) is 0 Å². The molecule has 0 radical (unpaired) electrons. The van der Waals surface area contributed by atoms with E-state index in [9.17, 15) is 9.59 Å². The topological polar surface area (TPSA) is 87.1 Å². The van der Waals surface area contributed by atoms with Crippen LogP contribution in [0.5, 0.6) is 0 Å². The second kappa shape index (κ2) is 9.39. The number of aryl methyl sites for hydroxylation is 2. The molecule has 0 atom stereocenters. The lowest BCUT2D eigenvalue weighted by Crippen LogP contribution is -2.35. The van der Waals surface area contributed by atoms with Crippen molar-refractivity contribution >= 4 is 28.8 Å². The summed E-state index contributed by atoms with van der Waals surface area (Å²) >= 11 is 0. The van der Waals surface area contributed by atoms with Crippen molar-refractivity contribution in [3.05, 3.63) is 101 Å². The number of fused-ring (bicyclic) bond motifs is 1. The van der Waals surface area contributed by atoms with Crippen LogP contribution in [0.15, 0.2) is 77.0 Å². The van der Waals surface area contributed by atoms with Crippen molar-refractivity contribution in [1.29, 1.82) is 0 Å². The lowest BCUT2D eigenvalue weighted by Gasteiger charge is -2.11. The Bertz CT molecular complexity index is 1270. The molecule has 32 heavy (non-hydrogen) atoms. The Morgan fingerprint density at radius 3 is 2.53 bits per heavy atom. The molecule has 3 N–H and O–H groups in total. The van der Waals surface area contributed by atoms with Gasteiger partial charge in [0.05, 0.1) is 6.26 Å². The Morgan fingerprint density at radius 2 is 1.78 bits per heavy atom. The first-order chi connectivity index (χ1) is 15.5. The number of H-pyrrole nitrogens is 1. The van der Waals surface area contributed by atoms with Crippen LogP contribution in [0.4, 0.5) is 0 Å². The van der Waals surface area contributed by atoms with Crippen molar-refractivity contribution < 1.29 is 14.0 Å². The van der Waals surface area contributed by atoms with Crippen molar-refractivity contribution in [2.24, 2.45) is 0 Å². The van der Waals surface area contributed by atoms with Gasteiger partial charge in [-0.05, 0) is 56.2 Å². The molecule has 2 aromatic carbocycles. The molecule has 162 valence electrons. The van der Waals surface area contributed by atoms with Gasteiger partial charge >= 0.3 is 0 Å². The molecule has 0 aliphatic carbocycles. The second-order valence-corrected chi connectivity index (χ2v) is 7.67. The molecule has 2 amide bonds. The van der Waals surface area contributed by atoms with Gasteiger partial charge in [-0.1, -0.05) is 35.9 Å². The number of carbonyl (C=O) groups is 2. The first kappa shape index (κ1) is 21.2. The van der Waals surface area contributed by atoms with Crippen LogP contribution in [0.3, 0.4) is 0 Å². The molecular weight excluding hydrogens is 402 g/mol. The molecule has 4 aromatic rings. The normalized spacial score (nSPS) is 11.5. The predicted molar refractivity (Wildman–Crippen MR) is 125 cm³/mol. The number of hydrogen-bond acceptors (Lipinski definition) is 3. The Morgan fingerprint density at radius 1 is 1.00 bits per heavy atom. The summed E-state index contributed by atoms with van der Waals surface area (Å²) in [4.78, 5) is 29.0. The number of rotatable bonds is 7. The van der Waals surface area contributed by atoms with Crippen LogP contribution >= 0.6 is 0 Å². The minimum Gasteiger partial charge on any atom is -0.465 e. The highest BCUT2D eigenvalue weighted by atomic mass is 16.3. The van der Waals surface area contributed by atoms with Gasteiger partial charge in [-0.3, -0.25) is 9.59 Å². The fraction of sp³-hybridized carbons (Fsp3) is 0.154. The van der Waals surface area contributed by atoms with Crippen molar-refractivity contribution in [3.63, 3.8) is 0 Å². The van der Waals surface area contributed by atoms with Crippen LogP contribution in [-0.2, 0) is 11.2 Å². The molecule has 0 fully saturated rings. The van der Waals surface area contributed by atoms with E-state index in [1.54, 1.807) is 24.3 Å². The Kier molecular flexibility index (Phi) is 6.22. The maximum Gasteiger partial charge on any atom is 0.267 e. The van der Waals surface area contributed by atoms with E-state index in [2.05, 4.69) is 21.7 Å². The van der Waals surface area contributed by atoms with Gasteiger partial charge < -0.3 is 20.0 Å². The third-order valence-electron chi connectivity index (χ3n) is 5.32. The summed E-state index contributed by atoms with van der Waals surface area (Å²) in [7, 11) is 0. The first-order valence-electron chi connectivity index (χ1n) is 10.5. The van der Waals surface area contributed by atoms with Gasteiger partial charge in [0, 0.05) is 34.8 Å². The summed E-state index contributed by atoms with van der Waals surface area (Å²) < 4.78 is 5.33. The molecule has 6 nitrogen and oxygen atoms in total. The molecule has 0 bridgehead atoms. The van der Waals surface area contributed by atoms with Gasteiger partial charge in [0.1, 0.15) is 11.5 Å². The smallest absolute Gasteiger partial charge is 0.267 e. The third kappa shape index (κ3) is 4.81. The van der Waals surface area contributed by atoms with Crippen molar-refractivity contribution in [1.82, 2.24) is 15.6 Å². The van der Waals surface area contributed by atoms with Gasteiger partial charge in [0.15, 0.2) is 0 Å². The number of benzene rings is 2. The van der Waals surface area contributed by atoms with E-state index in [1.807, 2.05) is 44.2 Å². The van der Waals surface area contributed by atoms with E-state index in [0.717, 1.165) is 22.2 Å². The van der Waals surface area contributed by atoms with Crippen LogP contribution in [0.2, 0.25) is 0 Å². The summed E-state index contributed by atoms with van der Waals surface area (Å²) in [5.41, 5.74) is 4.98. The van der Waals surface area contributed by atoms with Gasteiger partial charge in [0.25, 0.3) is 11.8 Å². The van der Waals surface area contributed by atoms with Crippen LogP contribution in [-0.4, -0.2) is 23.3 Å². The monoisotopic (exact) mass is 427 g/mol. The minimum atomic E-state index is -0.376. The van der Waals surface area contributed by atoms with Crippen LogP contribution < -0.4 is 10.6 Å². The number of nitrogens with one attached hydrogen (secondary N) is 3. The van der Waals surface area contributed by atoms with E-state index in [4.69, 9.17) is 4.42 Å². The lowest BCUT2D eigenvalue weighted by atomic mass is 10.1. The quantitative estimate of drug-likeness (QED) is 0.379. The number of carbonyl (C=O) groups excluding carboxylic acids is 2. The summed E-state index contributed by atoms with van der Waals surface area (Å²) in [5.74, 6) is -0.253. The average Bonchev–Trinajstić information content (AvgIpc) is 3.41. The summed E-state index contributed by atoms with van der Waals surface area (Å²) in [6, 6.07) is 18.7. The highest BCUT2D eigenvalue weighted by Gasteiger charge is 2.16. The summed E-state index contributed by atoms with van der Waals surface area (Å²) in [5, 5.41) is 6.78. The molecule has 2 aromatic heterocycles. The zero-order valence-corrected chi connectivity index (χ0v) is 18.1. The van der Waals surface area contributed by atoms with Gasteiger partial charge in [-0.15, -0.1) is 0 Å². The fourth-order valence-electron chi connectivity index (χ4n) is 3.63. The van der Waals surface area contributed by atoms with E-state index >= 15 is 0 Å². The Hall–Kier alpha value is -4.06. The van der Waals surface area contributed by atoms with Gasteiger partial charge in [0.2, 0.25) is 0 Å². The van der Waals surface area contributed by atoms with Crippen molar-refractivity contribution in [3.8, 4) is 0 Å². The van der Waals surface area contributed by atoms with E-state index in [-0.39, 0.29) is 17.5 Å². The number of furan rings is 1. The molecule has 0 unspecified atom stereocenters. The Balaban J connectivity index is 1.47. The number of para-hydroxylation sites is 1. The molecule has 0 saturated carbocycles. The number of aromatic nitrogens is 1. The molecule has 0 aliphatic heterocycles. The molecule has 0 saturated heterocycles. The largest absolute Gasteiger partial charge is 0.465 e. The average molecular weight is 428 g/mol. The molecule has 6 heteroatoms. The standard InChI is InChI=1S/C26H25N3O3/c1-17-9-11-19(12-10-17)25(30)29-24(16-20-6-5-15-32-20)26(31)27-14-13-21-18(2)28-23-8-4-3-7-22(21)23/h3-12,15-16,28H,13-14H2,1-2H3,(H,27,31)(H,29,30)/b24-16-. The highest BCUT2D eigenvalue weighted by Crippen LogP contribution is 2.22. The van der Waals surface area contributed by atoms with Gasteiger partial charge in [-0.2, -0.15) is 0 Å². The minimum absolute atomic E-state index is 0.126. The predicted octanol–water partition coefficient (Wildman–Crippen LogP) is 4.51. The van der Waals surface area contributed by atoms with E-state index < -0.39 is 0 Å². The van der Waals surface area contributed by atoms with Crippen molar-refractivity contribution in [2.75, 3.05) is 6.54 Å².